The third-order valence-electron chi connectivity index (χ3n) is 4.56. The number of fused-ring (bicyclic) bond motifs is 1. The Morgan fingerprint density at radius 1 is 1.37 bits per heavy atom. The number of rotatable bonds is 2. The molecule has 102 valence electrons. The van der Waals surface area contributed by atoms with Crippen LogP contribution in [0.4, 0.5) is 11.4 Å². The Morgan fingerprint density at radius 3 is 2.84 bits per heavy atom. The fourth-order valence-electron chi connectivity index (χ4n) is 3.49. The van der Waals surface area contributed by atoms with Crippen LogP contribution in [0.15, 0.2) is 18.2 Å². The van der Waals surface area contributed by atoms with E-state index in [1.807, 2.05) is 6.92 Å². The number of nitro benzene ring substituents is 1. The maximum Gasteiger partial charge on any atom is 0.271 e. The molecule has 0 radical (unpaired) electrons. The topological polar surface area (TPSA) is 66.6 Å². The lowest BCUT2D eigenvalue weighted by molar-refractivity contribution is -0.384. The molecular weight excluding hydrogens is 244 g/mol. The van der Waals surface area contributed by atoms with Gasteiger partial charge in [-0.05, 0) is 31.2 Å². The highest BCUT2D eigenvalue weighted by Crippen LogP contribution is 2.41. The van der Waals surface area contributed by atoms with E-state index < -0.39 is 0 Å². The number of aliphatic hydroxyl groups excluding tert-OH is 1. The van der Waals surface area contributed by atoms with Gasteiger partial charge in [0.1, 0.15) is 0 Å². The van der Waals surface area contributed by atoms with Crippen molar-refractivity contribution in [1.29, 1.82) is 0 Å². The molecule has 2 aliphatic rings. The fourth-order valence-corrected chi connectivity index (χ4v) is 3.49. The summed E-state index contributed by atoms with van der Waals surface area (Å²) in [5.74, 6) is 0.868. The van der Waals surface area contributed by atoms with Crippen molar-refractivity contribution in [3.63, 3.8) is 0 Å². The van der Waals surface area contributed by atoms with Crippen LogP contribution in [-0.4, -0.2) is 29.2 Å². The lowest BCUT2D eigenvalue weighted by Gasteiger charge is -2.22. The van der Waals surface area contributed by atoms with Gasteiger partial charge in [-0.2, -0.15) is 0 Å². The van der Waals surface area contributed by atoms with Gasteiger partial charge in [-0.3, -0.25) is 10.1 Å². The molecule has 0 spiro atoms. The molecule has 1 aromatic rings. The van der Waals surface area contributed by atoms with Crippen LogP contribution in [0.25, 0.3) is 0 Å². The van der Waals surface area contributed by atoms with Gasteiger partial charge in [-0.15, -0.1) is 0 Å². The van der Waals surface area contributed by atoms with Crippen molar-refractivity contribution in [2.45, 2.75) is 25.9 Å². The van der Waals surface area contributed by atoms with Crippen LogP contribution in [0.1, 0.15) is 18.4 Å². The average Bonchev–Trinajstić information content (AvgIpc) is 2.92. The number of anilines is 1. The first-order valence-electron chi connectivity index (χ1n) is 6.74. The van der Waals surface area contributed by atoms with E-state index in [2.05, 4.69) is 4.90 Å². The van der Waals surface area contributed by atoms with Crippen molar-refractivity contribution in [2.75, 3.05) is 18.0 Å². The van der Waals surface area contributed by atoms with E-state index in [0.717, 1.165) is 37.2 Å². The molecule has 19 heavy (non-hydrogen) atoms. The molecule has 1 saturated carbocycles. The van der Waals surface area contributed by atoms with E-state index in [0.29, 0.717) is 11.8 Å². The smallest absolute Gasteiger partial charge is 0.271 e. The van der Waals surface area contributed by atoms with E-state index >= 15 is 0 Å². The van der Waals surface area contributed by atoms with E-state index in [4.69, 9.17) is 0 Å². The van der Waals surface area contributed by atoms with E-state index in [-0.39, 0.29) is 16.7 Å². The fraction of sp³-hybridized carbons (Fsp3) is 0.571. The number of hydrogen-bond donors (Lipinski definition) is 1. The van der Waals surface area contributed by atoms with Crippen LogP contribution in [0.3, 0.4) is 0 Å². The maximum absolute atomic E-state index is 10.9. The van der Waals surface area contributed by atoms with Crippen molar-refractivity contribution in [3.8, 4) is 0 Å². The molecule has 3 rings (SSSR count). The molecule has 1 aliphatic carbocycles. The summed E-state index contributed by atoms with van der Waals surface area (Å²) in [6, 6.07) is 5.01. The Morgan fingerprint density at radius 2 is 2.16 bits per heavy atom. The number of nitrogens with zero attached hydrogens (tertiary/aromatic N) is 2. The summed E-state index contributed by atoms with van der Waals surface area (Å²) in [5, 5.41) is 20.8. The Hall–Kier alpha value is -1.62. The second kappa shape index (κ2) is 4.49. The SMILES string of the molecule is Cc1ccc([N+](=O)[O-])cc1N1CC2CCC(O)C2C1. The third-order valence-corrected chi connectivity index (χ3v) is 4.56. The molecule has 3 atom stereocenters. The molecule has 5 heteroatoms. The van der Waals surface area contributed by atoms with Crippen molar-refractivity contribution in [2.24, 2.45) is 11.8 Å². The van der Waals surface area contributed by atoms with Crippen LogP contribution in [0, 0.1) is 28.9 Å². The number of aryl methyl sites for hydroxylation is 1. The molecule has 0 amide bonds. The molecule has 2 fully saturated rings. The summed E-state index contributed by atoms with van der Waals surface area (Å²) in [4.78, 5) is 12.7. The molecule has 5 nitrogen and oxygen atoms in total. The van der Waals surface area contributed by atoms with Crippen LogP contribution in [0.2, 0.25) is 0 Å². The molecule has 1 aromatic carbocycles. The Labute approximate surface area is 112 Å². The number of non-ortho nitro benzene ring substituents is 1. The highest BCUT2D eigenvalue weighted by Gasteiger charge is 2.42. The van der Waals surface area contributed by atoms with Crippen LogP contribution in [-0.2, 0) is 0 Å². The standard InChI is InChI=1S/C14H18N2O3/c1-9-2-4-11(16(18)19)6-13(9)15-7-10-3-5-14(17)12(10)8-15/h2,4,6,10,12,14,17H,3,5,7-8H2,1H3. The highest BCUT2D eigenvalue weighted by atomic mass is 16.6. The van der Waals surface area contributed by atoms with E-state index in [1.54, 1.807) is 18.2 Å². The third kappa shape index (κ3) is 2.08. The van der Waals surface area contributed by atoms with Gasteiger partial charge in [0.05, 0.1) is 11.0 Å². The monoisotopic (exact) mass is 262 g/mol. The maximum atomic E-state index is 10.9. The molecule has 1 aliphatic heterocycles. The van der Waals surface area contributed by atoms with E-state index in [1.165, 1.54) is 0 Å². The Balaban J connectivity index is 1.87. The average molecular weight is 262 g/mol. The Bertz CT molecular complexity index is 517. The van der Waals surface area contributed by atoms with Crippen LogP contribution < -0.4 is 4.90 Å². The van der Waals surface area contributed by atoms with Crippen molar-refractivity contribution >= 4 is 11.4 Å². The number of nitro groups is 1. The normalized spacial score (nSPS) is 29.6. The highest BCUT2D eigenvalue weighted by molar-refractivity contribution is 5.59. The van der Waals surface area contributed by atoms with Crippen LogP contribution >= 0.6 is 0 Å². The molecule has 1 saturated heterocycles. The second-order valence-electron chi connectivity index (χ2n) is 5.70. The first kappa shape index (κ1) is 12.4. The molecule has 1 N–H and O–H groups in total. The minimum absolute atomic E-state index is 0.137. The number of hydrogen-bond acceptors (Lipinski definition) is 4. The first-order valence-corrected chi connectivity index (χ1v) is 6.74. The van der Waals surface area contributed by atoms with Gasteiger partial charge >= 0.3 is 0 Å². The van der Waals surface area contributed by atoms with Crippen molar-refractivity contribution in [1.82, 2.24) is 0 Å². The zero-order valence-electron chi connectivity index (χ0n) is 11.0. The van der Waals surface area contributed by atoms with Crippen LogP contribution in [0.5, 0.6) is 0 Å². The van der Waals surface area contributed by atoms with E-state index in [9.17, 15) is 15.2 Å². The minimum atomic E-state index is -0.352. The lowest BCUT2D eigenvalue weighted by Crippen LogP contribution is -2.25. The summed E-state index contributed by atoms with van der Waals surface area (Å²) in [6.45, 7) is 3.70. The summed E-state index contributed by atoms with van der Waals surface area (Å²) < 4.78 is 0. The molecule has 1 heterocycles. The van der Waals surface area contributed by atoms with Crippen molar-refractivity contribution < 1.29 is 10.0 Å². The summed E-state index contributed by atoms with van der Waals surface area (Å²) in [5.41, 5.74) is 2.13. The predicted molar refractivity (Wildman–Crippen MR) is 72.3 cm³/mol. The molecular formula is C14H18N2O3. The van der Waals surface area contributed by atoms with Gasteiger partial charge in [-0.1, -0.05) is 6.07 Å². The zero-order valence-corrected chi connectivity index (χ0v) is 11.0. The summed E-state index contributed by atoms with van der Waals surface area (Å²) >= 11 is 0. The van der Waals surface area contributed by atoms with Gasteiger partial charge in [0, 0.05) is 36.8 Å². The van der Waals surface area contributed by atoms with Gasteiger partial charge in [0.2, 0.25) is 0 Å². The zero-order chi connectivity index (χ0) is 13.6. The molecule has 0 aromatic heterocycles. The largest absolute Gasteiger partial charge is 0.393 e. The first-order chi connectivity index (χ1) is 9.06. The Kier molecular flexibility index (Phi) is 2.93. The van der Waals surface area contributed by atoms with Gasteiger partial charge in [0.25, 0.3) is 5.69 Å². The van der Waals surface area contributed by atoms with Gasteiger partial charge in [-0.25, -0.2) is 0 Å². The predicted octanol–water partition coefficient (Wildman–Crippen LogP) is 2.11. The summed E-state index contributed by atoms with van der Waals surface area (Å²) in [7, 11) is 0. The molecule has 3 unspecified atom stereocenters. The number of aliphatic hydroxyl groups is 1. The summed E-state index contributed by atoms with van der Waals surface area (Å²) in [6.07, 6.45) is 1.77. The minimum Gasteiger partial charge on any atom is -0.393 e. The quantitative estimate of drug-likeness (QED) is 0.654. The van der Waals surface area contributed by atoms with Gasteiger partial charge in [0.15, 0.2) is 0 Å². The second-order valence-corrected chi connectivity index (χ2v) is 5.70. The van der Waals surface area contributed by atoms with Crippen molar-refractivity contribution in [3.05, 3.63) is 33.9 Å². The molecule has 0 bridgehead atoms. The van der Waals surface area contributed by atoms with Gasteiger partial charge < -0.3 is 10.0 Å². The lowest BCUT2D eigenvalue weighted by atomic mass is 10.00. The number of benzene rings is 1.